The quantitative estimate of drug-likeness (QED) is 0.164. The number of aromatic nitrogens is 1. The molecule has 9 aromatic carbocycles. The van der Waals surface area contributed by atoms with Crippen LogP contribution in [0.2, 0.25) is 0 Å². The smallest absolute Gasteiger partial charge is 0.227 e. The molecule has 4 heteroatoms. The average Bonchev–Trinajstić information content (AvgIpc) is 3.88. The summed E-state index contributed by atoms with van der Waals surface area (Å²) in [6, 6.07) is 72.3. The summed E-state index contributed by atoms with van der Waals surface area (Å²) in [5.41, 5.74) is 13.7. The summed E-state index contributed by atoms with van der Waals surface area (Å²) in [7, 11) is 0. The van der Waals surface area contributed by atoms with Gasteiger partial charge in [0, 0.05) is 33.4 Å². The molecule has 0 amide bonds. The summed E-state index contributed by atoms with van der Waals surface area (Å²) in [6.07, 6.45) is 0. The SMILES string of the molecule is c1ccc(-c2cccc(N(c3ccc(-c4ccc5ccccc5c4)cc3)c3ccc(-c4c5oc(-c6ccccc6)nc5cc5c4oc4ccccc45)cc3)c2)cc1. The van der Waals surface area contributed by atoms with Gasteiger partial charge >= 0.3 is 0 Å². The van der Waals surface area contributed by atoms with E-state index in [1.54, 1.807) is 0 Å². The van der Waals surface area contributed by atoms with Gasteiger partial charge in [0.05, 0.1) is 5.56 Å². The van der Waals surface area contributed by atoms with Crippen LogP contribution >= 0.6 is 0 Å². The first-order valence-electron chi connectivity index (χ1n) is 19.2. The van der Waals surface area contributed by atoms with Gasteiger partial charge in [-0.25, -0.2) is 4.98 Å². The Labute approximate surface area is 329 Å². The van der Waals surface area contributed by atoms with E-state index in [2.05, 4.69) is 163 Å². The van der Waals surface area contributed by atoms with E-state index in [0.717, 1.165) is 66.8 Å². The molecule has 0 spiro atoms. The number of benzene rings is 9. The lowest BCUT2D eigenvalue weighted by molar-refractivity contribution is 0.619. The van der Waals surface area contributed by atoms with E-state index < -0.39 is 0 Å². The molecule has 0 fully saturated rings. The van der Waals surface area contributed by atoms with Gasteiger partial charge in [-0.3, -0.25) is 0 Å². The van der Waals surface area contributed by atoms with Crippen molar-refractivity contribution in [2.75, 3.05) is 4.90 Å². The molecule has 0 aliphatic heterocycles. The predicted molar refractivity (Wildman–Crippen MR) is 235 cm³/mol. The molecule has 0 aliphatic rings. The van der Waals surface area contributed by atoms with Crippen LogP contribution in [0.4, 0.5) is 17.1 Å². The zero-order valence-electron chi connectivity index (χ0n) is 30.8. The Hall–Kier alpha value is -7.69. The van der Waals surface area contributed by atoms with Gasteiger partial charge in [-0.2, -0.15) is 0 Å². The van der Waals surface area contributed by atoms with Gasteiger partial charge in [-0.1, -0.05) is 140 Å². The summed E-state index contributed by atoms with van der Waals surface area (Å²) in [4.78, 5) is 7.31. The van der Waals surface area contributed by atoms with Crippen LogP contribution in [0.15, 0.2) is 215 Å². The molecule has 0 aliphatic carbocycles. The van der Waals surface area contributed by atoms with Crippen LogP contribution in [0.1, 0.15) is 0 Å². The van der Waals surface area contributed by atoms with Gasteiger partial charge in [0.2, 0.25) is 5.89 Å². The molecule has 11 aromatic rings. The normalized spacial score (nSPS) is 11.5. The van der Waals surface area contributed by atoms with E-state index >= 15 is 0 Å². The summed E-state index contributed by atoms with van der Waals surface area (Å²) in [5.74, 6) is 0.581. The molecule has 0 unspecified atom stereocenters. The number of hydrogen-bond acceptors (Lipinski definition) is 4. The Bertz CT molecular complexity index is 3220. The molecule has 268 valence electrons. The molecule has 0 radical (unpaired) electrons. The number of para-hydroxylation sites is 1. The lowest BCUT2D eigenvalue weighted by Gasteiger charge is -2.26. The van der Waals surface area contributed by atoms with Crippen molar-refractivity contribution in [1.82, 2.24) is 4.98 Å². The maximum Gasteiger partial charge on any atom is 0.227 e. The minimum atomic E-state index is 0.581. The number of furan rings is 1. The summed E-state index contributed by atoms with van der Waals surface area (Å²) >= 11 is 0. The number of rotatable bonds is 7. The maximum absolute atomic E-state index is 6.61. The molecule has 2 aromatic heterocycles. The van der Waals surface area contributed by atoms with Gasteiger partial charge in [0.15, 0.2) is 5.58 Å². The van der Waals surface area contributed by atoms with Gasteiger partial charge < -0.3 is 13.7 Å². The monoisotopic (exact) mass is 730 g/mol. The van der Waals surface area contributed by atoms with Crippen LogP contribution in [0, 0.1) is 0 Å². The van der Waals surface area contributed by atoms with Crippen LogP contribution in [0.5, 0.6) is 0 Å². The number of hydrogen-bond donors (Lipinski definition) is 0. The van der Waals surface area contributed by atoms with E-state index in [0.29, 0.717) is 11.5 Å². The highest BCUT2D eigenvalue weighted by atomic mass is 16.4. The molecule has 0 N–H and O–H groups in total. The molecule has 0 bridgehead atoms. The van der Waals surface area contributed by atoms with Gasteiger partial charge in [0.1, 0.15) is 16.7 Å². The summed E-state index contributed by atoms with van der Waals surface area (Å²) in [6.45, 7) is 0. The van der Waals surface area contributed by atoms with Crippen molar-refractivity contribution in [2.24, 2.45) is 0 Å². The van der Waals surface area contributed by atoms with Crippen molar-refractivity contribution < 1.29 is 8.83 Å². The molecule has 11 rings (SSSR count). The molecule has 57 heavy (non-hydrogen) atoms. The zero-order chi connectivity index (χ0) is 37.7. The van der Waals surface area contributed by atoms with Crippen LogP contribution in [-0.2, 0) is 0 Å². The Morgan fingerprint density at radius 3 is 1.72 bits per heavy atom. The maximum atomic E-state index is 6.61. The van der Waals surface area contributed by atoms with Crippen molar-refractivity contribution in [1.29, 1.82) is 0 Å². The molecular formula is C53H34N2O2. The molecular weight excluding hydrogens is 697 g/mol. The van der Waals surface area contributed by atoms with Crippen molar-refractivity contribution in [3.05, 3.63) is 206 Å². The van der Waals surface area contributed by atoms with Gasteiger partial charge in [-0.15, -0.1) is 0 Å². The highest BCUT2D eigenvalue weighted by molar-refractivity contribution is 6.16. The predicted octanol–water partition coefficient (Wildman–Crippen LogP) is 15.0. The van der Waals surface area contributed by atoms with Crippen molar-refractivity contribution in [3.63, 3.8) is 0 Å². The molecule has 2 heterocycles. The standard InChI is InChI=1S/C53H34N2O2/c1-3-12-35(13-4-1)41-18-11-19-45(33-41)55(43-28-24-37(25-29-43)42-23-22-36-14-7-8-17-40(36)32-42)44-30-26-38(27-31-44)50-51-47(46-20-9-10-21-49(46)56-51)34-48-52(50)57-53(54-48)39-15-5-2-6-16-39/h1-34H. The van der Waals surface area contributed by atoms with E-state index in [9.17, 15) is 0 Å². The third kappa shape index (κ3) is 5.83. The second-order valence-electron chi connectivity index (χ2n) is 14.4. The molecule has 0 atom stereocenters. The van der Waals surface area contributed by atoms with Crippen LogP contribution in [0.3, 0.4) is 0 Å². The number of fused-ring (bicyclic) bond motifs is 5. The zero-order valence-corrected chi connectivity index (χ0v) is 30.8. The third-order valence-electron chi connectivity index (χ3n) is 10.9. The Morgan fingerprint density at radius 1 is 0.351 bits per heavy atom. The van der Waals surface area contributed by atoms with E-state index in [1.165, 1.54) is 27.5 Å². The van der Waals surface area contributed by atoms with Gasteiger partial charge in [-0.05, 0) is 105 Å². The first-order chi connectivity index (χ1) is 28.2. The fourth-order valence-corrected chi connectivity index (χ4v) is 8.06. The van der Waals surface area contributed by atoms with E-state index in [1.807, 2.05) is 48.5 Å². The fourth-order valence-electron chi connectivity index (χ4n) is 8.06. The molecule has 0 saturated carbocycles. The average molecular weight is 731 g/mol. The van der Waals surface area contributed by atoms with Crippen LogP contribution < -0.4 is 4.90 Å². The Kier molecular flexibility index (Phi) is 7.78. The highest BCUT2D eigenvalue weighted by Crippen LogP contribution is 2.44. The van der Waals surface area contributed by atoms with Crippen LogP contribution in [-0.4, -0.2) is 4.98 Å². The minimum absolute atomic E-state index is 0.581. The lowest BCUT2D eigenvalue weighted by atomic mass is 9.99. The van der Waals surface area contributed by atoms with Crippen molar-refractivity contribution in [2.45, 2.75) is 0 Å². The number of anilines is 3. The van der Waals surface area contributed by atoms with Crippen LogP contribution in [0.25, 0.3) is 88.6 Å². The van der Waals surface area contributed by atoms with E-state index in [-0.39, 0.29) is 0 Å². The Morgan fingerprint density at radius 2 is 0.947 bits per heavy atom. The minimum Gasteiger partial charge on any atom is -0.455 e. The fraction of sp³-hybridized carbons (Fsp3) is 0. The molecule has 4 nitrogen and oxygen atoms in total. The highest BCUT2D eigenvalue weighted by Gasteiger charge is 2.22. The summed E-state index contributed by atoms with van der Waals surface area (Å²) < 4.78 is 13.2. The largest absolute Gasteiger partial charge is 0.455 e. The van der Waals surface area contributed by atoms with Crippen molar-refractivity contribution in [3.8, 4) is 44.8 Å². The second kappa shape index (κ2) is 13.6. The second-order valence-corrected chi connectivity index (χ2v) is 14.4. The van der Waals surface area contributed by atoms with Crippen molar-refractivity contribution >= 4 is 60.9 Å². The lowest BCUT2D eigenvalue weighted by Crippen LogP contribution is -2.10. The Balaban J connectivity index is 1.05. The molecule has 0 saturated heterocycles. The topological polar surface area (TPSA) is 42.4 Å². The summed E-state index contributed by atoms with van der Waals surface area (Å²) in [5, 5.41) is 4.53. The third-order valence-corrected chi connectivity index (χ3v) is 10.9. The first-order valence-corrected chi connectivity index (χ1v) is 19.2. The van der Waals surface area contributed by atoms with Gasteiger partial charge in [0.25, 0.3) is 0 Å². The number of nitrogens with zero attached hydrogens (tertiary/aromatic N) is 2. The first kappa shape index (κ1) is 32.7. The number of oxazole rings is 1. The van der Waals surface area contributed by atoms with E-state index in [4.69, 9.17) is 13.8 Å².